The normalized spacial score (nSPS) is 12.5. The fourth-order valence-corrected chi connectivity index (χ4v) is 3.86. The number of rotatable bonds is 5. The molecule has 0 saturated heterocycles. The molecular formula is C25H18FN5O2. The molecule has 5 rings (SSSR count). The quantitative estimate of drug-likeness (QED) is 0.459. The Morgan fingerprint density at radius 3 is 2.70 bits per heavy atom. The highest BCUT2D eigenvalue weighted by Crippen LogP contribution is 2.36. The van der Waals surface area contributed by atoms with Crippen LogP contribution < -0.4 is 4.74 Å². The third-order valence-electron chi connectivity index (χ3n) is 5.49. The van der Waals surface area contributed by atoms with Crippen LogP contribution in [0, 0.1) is 17.1 Å². The number of aryl methyl sites for hydroxylation is 1. The number of nitriles is 1. The molecule has 1 aliphatic rings. The van der Waals surface area contributed by atoms with E-state index in [1.165, 1.54) is 18.2 Å². The van der Waals surface area contributed by atoms with Crippen molar-refractivity contribution in [1.29, 1.82) is 5.26 Å². The van der Waals surface area contributed by atoms with Crippen molar-refractivity contribution in [2.75, 3.05) is 0 Å². The molecule has 7 nitrogen and oxygen atoms in total. The first-order chi connectivity index (χ1) is 16.0. The number of carbonyl (C=O) groups is 1. The van der Waals surface area contributed by atoms with Crippen LogP contribution in [0.3, 0.4) is 0 Å². The molecule has 162 valence electrons. The molecule has 4 aromatic rings. The van der Waals surface area contributed by atoms with Gasteiger partial charge in [0, 0.05) is 37.1 Å². The first-order valence-electron chi connectivity index (χ1n) is 10.2. The maximum absolute atomic E-state index is 14.3. The number of amides is 1. The summed E-state index contributed by atoms with van der Waals surface area (Å²) in [6.45, 7) is 0.712. The van der Waals surface area contributed by atoms with Gasteiger partial charge in [-0.05, 0) is 29.8 Å². The van der Waals surface area contributed by atoms with Gasteiger partial charge in [-0.1, -0.05) is 24.3 Å². The number of ether oxygens (including phenoxy) is 1. The summed E-state index contributed by atoms with van der Waals surface area (Å²) in [5.74, 6) is -0.853. The molecule has 1 amide bonds. The fourth-order valence-electron chi connectivity index (χ4n) is 3.86. The number of fused-ring (bicyclic) bond motifs is 1. The molecule has 2 aromatic carbocycles. The molecular weight excluding hydrogens is 421 g/mol. The van der Waals surface area contributed by atoms with Crippen molar-refractivity contribution in [3.05, 3.63) is 95.3 Å². The first kappa shape index (κ1) is 20.4. The van der Waals surface area contributed by atoms with Gasteiger partial charge < -0.3 is 9.64 Å². The minimum Gasteiger partial charge on any atom is -0.452 e. The van der Waals surface area contributed by atoms with Crippen molar-refractivity contribution < 1.29 is 13.9 Å². The van der Waals surface area contributed by atoms with E-state index in [-0.39, 0.29) is 23.0 Å². The van der Waals surface area contributed by atoms with E-state index in [9.17, 15) is 14.4 Å². The molecule has 2 aromatic heterocycles. The third-order valence-corrected chi connectivity index (χ3v) is 5.49. The maximum atomic E-state index is 14.3. The van der Waals surface area contributed by atoms with Gasteiger partial charge in [-0.2, -0.15) is 10.4 Å². The molecule has 0 bridgehead atoms. The van der Waals surface area contributed by atoms with Gasteiger partial charge in [0.15, 0.2) is 11.6 Å². The van der Waals surface area contributed by atoms with E-state index in [1.807, 2.05) is 37.5 Å². The van der Waals surface area contributed by atoms with Gasteiger partial charge in [0.25, 0.3) is 5.91 Å². The Balaban J connectivity index is 1.37. The maximum Gasteiger partial charge on any atom is 0.258 e. The zero-order chi connectivity index (χ0) is 22.9. The lowest BCUT2D eigenvalue weighted by Gasteiger charge is -2.15. The van der Waals surface area contributed by atoms with Crippen LogP contribution in [0.4, 0.5) is 4.39 Å². The van der Waals surface area contributed by atoms with Gasteiger partial charge in [0.1, 0.15) is 11.8 Å². The predicted octanol–water partition coefficient (Wildman–Crippen LogP) is 4.44. The number of pyridine rings is 1. The predicted molar refractivity (Wildman–Crippen MR) is 118 cm³/mol. The van der Waals surface area contributed by atoms with Gasteiger partial charge in [-0.3, -0.25) is 14.5 Å². The summed E-state index contributed by atoms with van der Waals surface area (Å²) >= 11 is 0. The summed E-state index contributed by atoms with van der Waals surface area (Å²) < 4.78 is 21.8. The van der Waals surface area contributed by atoms with Crippen molar-refractivity contribution in [1.82, 2.24) is 19.7 Å². The van der Waals surface area contributed by atoms with E-state index in [0.29, 0.717) is 18.7 Å². The lowest BCUT2D eigenvalue weighted by Crippen LogP contribution is -2.24. The molecule has 8 heteroatoms. The van der Waals surface area contributed by atoms with E-state index in [1.54, 1.807) is 34.1 Å². The van der Waals surface area contributed by atoms with Crippen LogP contribution in [0.25, 0.3) is 11.1 Å². The Morgan fingerprint density at radius 2 is 1.97 bits per heavy atom. The first-order valence-corrected chi connectivity index (χ1v) is 10.2. The molecule has 33 heavy (non-hydrogen) atoms. The minimum absolute atomic E-state index is 0.0628. The van der Waals surface area contributed by atoms with Crippen LogP contribution in [0.15, 0.2) is 67.1 Å². The number of carbonyl (C=O) groups excluding carboxylic acids is 1. The number of halogens is 1. The number of benzene rings is 2. The SMILES string of the molecule is Cn1cc(-c2ccc(CN3Cc4cccc(Oc5c(F)cccc5C#N)c4C3=O)nc2)cn1. The molecule has 0 aliphatic carbocycles. The Labute approximate surface area is 189 Å². The zero-order valence-corrected chi connectivity index (χ0v) is 17.7. The number of hydrogen-bond acceptors (Lipinski definition) is 5. The number of aromatic nitrogens is 3. The highest BCUT2D eigenvalue weighted by atomic mass is 19.1. The lowest BCUT2D eigenvalue weighted by molar-refractivity contribution is 0.0763. The average Bonchev–Trinajstić information content (AvgIpc) is 3.39. The average molecular weight is 439 g/mol. The summed E-state index contributed by atoms with van der Waals surface area (Å²) in [6.07, 6.45) is 5.44. The summed E-state index contributed by atoms with van der Waals surface area (Å²) in [5.41, 5.74) is 3.86. The van der Waals surface area contributed by atoms with Gasteiger partial charge in [0.2, 0.25) is 0 Å². The van der Waals surface area contributed by atoms with Gasteiger partial charge >= 0.3 is 0 Å². The van der Waals surface area contributed by atoms with Gasteiger partial charge in [0.05, 0.1) is 29.6 Å². The highest BCUT2D eigenvalue weighted by Gasteiger charge is 2.31. The number of hydrogen-bond donors (Lipinski definition) is 0. The fraction of sp³-hybridized carbons (Fsp3) is 0.120. The van der Waals surface area contributed by atoms with Crippen molar-refractivity contribution in [2.24, 2.45) is 7.05 Å². The van der Waals surface area contributed by atoms with Crippen LogP contribution >= 0.6 is 0 Å². The Hall–Kier alpha value is -4.51. The molecule has 0 unspecified atom stereocenters. The van der Waals surface area contributed by atoms with Crippen molar-refractivity contribution in [3.63, 3.8) is 0 Å². The standard InChI is InChI=1S/C25H18FN5O2/c1-30-13-19(12-29-30)17-8-9-20(28-11-17)15-31-14-18-5-3-7-22(23(18)25(31)32)33-24-16(10-27)4-2-6-21(24)26/h2-9,11-13H,14-15H2,1H3. The molecule has 3 heterocycles. The van der Waals surface area contributed by atoms with Crippen molar-refractivity contribution in [2.45, 2.75) is 13.1 Å². The van der Waals surface area contributed by atoms with E-state index < -0.39 is 5.82 Å². The molecule has 0 fully saturated rings. The highest BCUT2D eigenvalue weighted by molar-refractivity contribution is 6.01. The summed E-state index contributed by atoms with van der Waals surface area (Å²) in [4.78, 5) is 19.4. The summed E-state index contributed by atoms with van der Waals surface area (Å²) in [5, 5.41) is 13.5. The second-order valence-corrected chi connectivity index (χ2v) is 7.72. The van der Waals surface area contributed by atoms with Crippen molar-refractivity contribution in [3.8, 4) is 28.7 Å². The van der Waals surface area contributed by atoms with Crippen molar-refractivity contribution >= 4 is 5.91 Å². The van der Waals surface area contributed by atoms with Gasteiger partial charge in [-0.25, -0.2) is 4.39 Å². The number of nitrogens with zero attached hydrogens (tertiary/aromatic N) is 5. The Morgan fingerprint density at radius 1 is 1.12 bits per heavy atom. The molecule has 1 aliphatic heterocycles. The van der Waals surface area contributed by atoms with Crippen LogP contribution in [-0.4, -0.2) is 25.6 Å². The monoisotopic (exact) mass is 439 g/mol. The summed E-state index contributed by atoms with van der Waals surface area (Å²) in [6, 6.07) is 15.1. The lowest BCUT2D eigenvalue weighted by atomic mass is 10.1. The van der Waals surface area contributed by atoms with Crippen LogP contribution in [0.5, 0.6) is 11.5 Å². The van der Waals surface area contributed by atoms with E-state index in [2.05, 4.69) is 10.1 Å². The molecule has 0 N–H and O–H groups in total. The summed E-state index contributed by atoms with van der Waals surface area (Å²) in [7, 11) is 1.85. The third kappa shape index (κ3) is 3.81. The molecule has 0 radical (unpaired) electrons. The van der Waals surface area contributed by atoms with Crippen LogP contribution in [-0.2, 0) is 20.1 Å². The molecule has 0 spiro atoms. The van der Waals surface area contributed by atoms with E-state index in [4.69, 9.17) is 4.74 Å². The number of para-hydroxylation sites is 1. The largest absolute Gasteiger partial charge is 0.452 e. The second-order valence-electron chi connectivity index (χ2n) is 7.72. The van der Waals surface area contributed by atoms with Crippen LogP contribution in [0.2, 0.25) is 0 Å². The van der Waals surface area contributed by atoms with E-state index >= 15 is 0 Å². The van der Waals surface area contributed by atoms with E-state index in [0.717, 1.165) is 22.4 Å². The topological polar surface area (TPSA) is 84.0 Å². The minimum atomic E-state index is -0.660. The molecule has 0 atom stereocenters. The Bertz CT molecular complexity index is 1410. The van der Waals surface area contributed by atoms with Gasteiger partial charge in [-0.15, -0.1) is 0 Å². The molecule has 0 saturated carbocycles. The smallest absolute Gasteiger partial charge is 0.258 e. The zero-order valence-electron chi connectivity index (χ0n) is 17.7. The van der Waals surface area contributed by atoms with Crippen LogP contribution in [0.1, 0.15) is 27.2 Å². The second kappa shape index (κ2) is 8.20. The Kier molecular flexibility index (Phi) is 5.07.